The monoisotopic (exact) mass is 326 g/mol. The van der Waals surface area contributed by atoms with E-state index < -0.39 is 0 Å². The molecule has 0 N–H and O–H groups in total. The lowest BCUT2D eigenvalue weighted by atomic mass is 10.3. The Morgan fingerprint density at radius 2 is 2.08 bits per heavy atom. The second kappa shape index (κ2) is 6.11. The van der Waals surface area contributed by atoms with E-state index in [2.05, 4.69) is 20.2 Å². The third-order valence-corrected chi connectivity index (χ3v) is 3.72. The van der Waals surface area contributed by atoms with E-state index in [1.165, 1.54) is 6.26 Å². The highest BCUT2D eigenvalue weighted by atomic mass is 16.5. The molecule has 0 saturated carbocycles. The van der Waals surface area contributed by atoms with Gasteiger partial charge in [-0.3, -0.25) is 4.79 Å². The first-order valence-electron chi connectivity index (χ1n) is 7.45. The number of hydrogen-bond acceptors (Lipinski definition) is 7. The van der Waals surface area contributed by atoms with Crippen LogP contribution in [0.4, 0.5) is 0 Å². The molecule has 0 unspecified atom stereocenters. The molecule has 0 bridgehead atoms. The summed E-state index contributed by atoms with van der Waals surface area (Å²) < 4.78 is 12.6. The van der Waals surface area contributed by atoms with E-state index in [0.717, 1.165) is 0 Å². The molecule has 1 aliphatic rings. The van der Waals surface area contributed by atoms with E-state index in [9.17, 15) is 4.79 Å². The van der Waals surface area contributed by atoms with Crippen LogP contribution in [0.5, 0.6) is 6.01 Å². The van der Waals surface area contributed by atoms with Gasteiger partial charge < -0.3 is 18.6 Å². The van der Waals surface area contributed by atoms with Crippen LogP contribution in [0.2, 0.25) is 0 Å². The molecular weight excluding hydrogens is 312 g/mol. The summed E-state index contributed by atoms with van der Waals surface area (Å²) in [5, 5.41) is 8.29. The Hall–Kier alpha value is -3.23. The zero-order valence-electron chi connectivity index (χ0n) is 12.7. The van der Waals surface area contributed by atoms with Crippen LogP contribution in [0.15, 0.2) is 41.3 Å². The number of furan rings is 1. The SMILES string of the molecule is O=C(c1ccco1)N1CCn2c(COc3ncccn3)nnc2C1. The predicted molar refractivity (Wildman–Crippen MR) is 79.8 cm³/mol. The van der Waals surface area contributed by atoms with Gasteiger partial charge in [0, 0.05) is 25.5 Å². The fourth-order valence-electron chi connectivity index (χ4n) is 2.54. The average Bonchev–Trinajstić information content (AvgIpc) is 3.30. The van der Waals surface area contributed by atoms with Gasteiger partial charge in [0.2, 0.25) is 0 Å². The van der Waals surface area contributed by atoms with E-state index in [1.54, 1.807) is 35.5 Å². The Morgan fingerprint density at radius 1 is 1.21 bits per heavy atom. The van der Waals surface area contributed by atoms with E-state index in [0.29, 0.717) is 43.1 Å². The minimum atomic E-state index is -0.148. The van der Waals surface area contributed by atoms with Gasteiger partial charge in [0.05, 0.1) is 12.8 Å². The first-order valence-corrected chi connectivity index (χ1v) is 7.45. The highest BCUT2D eigenvalue weighted by Crippen LogP contribution is 2.16. The molecule has 9 nitrogen and oxygen atoms in total. The van der Waals surface area contributed by atoms with Crippen molar-refractivity contribution in [3.05, 3.63) is 54.3 Å². The number of ether oxygens (including phenoxy) is 1. The van der Waals surface area contributed by atoms with Crippen LogP contribution < -0.4 is 4.74 Å². The van der Waals surface area contributed by atoms with Crippen molar-refractivity contribution in [3.8, 4) is 6.01 Å². The molecule has 122 valence electrons. The third-order valence-electron chi connectivity index (χ3n) is 3.72. The second-order valence-corrected chi connectivity index (χ2v) is 5.21. The van der Waals surface area contributed by atoms with Crippen molar-refractivity contribution >= 4 is 5.91 Å². The summed E-state index contributed by atoms with van der Waals surface area (Å²) in [5.74, 6) is 1.58. The van der Waals surface area contributed by atoms with Gasteiger partial charge in [0.25, 0.3) is 5.91 Å². The van der Waals surface area contributed by atoms with Gasteiger partial charge in [-0.25, -0.2) is 9.97 Å². The Balaban J connectivity index is 1.44. The highest BCUT2D eigenvalue weighted by molar-refractivity contribution is 5.91. The molecule has 0 saturated heterocycles. The van der Waals surface area contributed by atoms with E-state index in [4.69, 9.17) is 9.15 Å². The van der Waals surface area contributed by atoms with Crippen LogP contribution in [-0.2, 0) is 19.7 Å². The molecule has 0 spiro atoms. The zero-order chi connectivity index (χ0) is 16.4. The quantitative estimate of drug-likeness (QED) is 0.702. The molecule has 0 atom stereocenters. The maximum Gasteiger partial charge on any atom is 0.316 e. The number of fused-ring (bicyclic) bond motifs is 1. The topological polar surface area (TPSA) is 99.2 Å². The van der Waals surface area contributed by atoms with Crippen molar-refractivity contribution in [1.29, 1.82) is 0 Å². The average molecular weight is 326 g/mol. The van der Waals surface area contributed by atoms with Gasteiger partial charge in [-0.15, -0.1) is 10.2 Å². The molecule has 3 aromatic heterocycles. The maximum absolute atomic E-state index is 12.3. The second-order valence-electron chi connectivity index (χ2n) is 5.21. The number of carbonyl (C=O) groups is 1. The summed E-state index contributed by atoms with van der Waals surface area (Å²) in [6, 6.07) is 5.36. The predicted octanol–water partition coefficient (Wildman–Crippen LogP) is 0.896. The molecule has 0 radical (unpaired) electrons. The van der Waals surface area contributed by atoms with Gasteiger partial charge in [-0.2, -0.15) is 0 Å². The summed E-state index contributed by atoms with van der Waals surface area (Å²) in [6.07, 6.45) is 4.71. The third kappa shape index (κ3) is 2.71. The summed E-state index contributed by atoms with van der Waals surface area (Å²) in [7, 11) is 0. The number of hydrogen-bond donors (Lipinski definition) is 0. The van der Waals surface area contributed by atoms with E-state index >= 15 is 0 Å². The van der Waals surface area contributed by atoms with Crippen molar-refractivity contribution in [2.24, 2.45) is 0 Å². The number of rotatable bonds is 4. The smallest absolute Gasteiger partial charge is 0.316 e. The number of nitrogens with zero attached hydrogens (tertiary/aromatic N) is 6. The van der Waals surface area contributed by atoms with Gasteiger partial charge in [-0.1, -0.05) is 0 Å². The van der Waals surface area contributed by atoms with Crippen LogP contribution in [0, 0.1) is 0 Å². The van der Waals surface area contributed by atoms with Crippen LogP contribution >= 0.6 is 0 Å². The largest absolute Gasteiger partial charge is 0.459 e. The first-order chi connectivity index (χ1) is 11.8. The molecule has 0 aliphatic carbocycles. The Morgan fingerprint density at radius 3 is 2.88 bits per heavy atom. The van der Waals surface area contributed by atoms with Crippen molar-refractivity contribution in [1.82, 2.24) is 29.6 Å². The summed E-state index contributed by atoms with van der Waals surface area (Å²) in [6.45, 7) is 1.76. The number of amides is 1. The summed E-state index contributed by atoms with van der Waals surface area (Å²) in [5.41, 5.74) is 0. The maximum atomic E-state index is 12.3. The van der Waals surface area contributed by atoms with E-state index in [1.807, 2.05) is 4.57 Å². The van der Waals surface area contributed by atoms with Crippen LogP contribution in [0.25, 0.3) is 0 Å². The lowest BCUT2D eigenvalue weighted by molar-refractivity contribution is 0.0673. The lowest BCUT2D eigenvalue weighted by Crippen LogP contribution is -2.38. The Bertz CT molecular complexity index is 830. The molecule has 1 aliphatic heterocycles. The lowest BCUT2D eigenvalue weighted by Gasteiger charge is -2.27. The number of aromatic nitrogens is 5. The van der Waals surface area contributed by atoms with Gasteiger partial charge in [-0.05, 0) is 18.2 Å². The van der Waals surface area contributed by atoms with Gasteiger partial charge >= 0.3 is 6.01 Å². The molecule has 4 heterocycles. The normalized spacial score (nSPS) is 13.6. The van der Waals surface area contributed by atoms with Crippen molar-refractivity contribution in [2.45, 2.75) is 19.7 Å². The molecule has 4 rings (SSSR count). The van der Waals surface area contributed by atoms with Crippen LogP contribution in [-0.4, -0.2) is 42.1 Å². The fraction of sp³-hybridized carbons (Fsp3) is 0.267. The van der Waals surface area contributed by atoms with Gasteiger partial charge in [0.15, 0.2) is 24.0 Å². The standard InChI is InChI=1S/C15H14N6O3/c22-14(11-3-1-8-23-11)20-6-7-21-12(9-20)18-19-13(21)10-24-15-16-4-2-5-17-15/h1-5,8H,6-7,9-10H2. The molecule has 0 aromatic carbocycles. The zero-order valence-corrected chi connectivity index (χ0v) is 12.7. The molecule has 3 aromatic rings. The van der Waals surface area contributed by atoms with E-state index in [-0.39, 0.29) is 12.5 Å². The molecular formula is C15H14N6O3. The van der Waals surface area contributed by atoms with Crippen molar-refractivity contribution in [3.63, 3.8) is 0 Å². The highest BCUT2D eigenvalue weighted by Gasteiger charge is 2.26. The van der Waals surface area contributed by atoms with Crippen LogP contribution in [0.1, 0.15) is 22.2 Å². The Kier molecular flexibility index (Phi) is 3.66. The molecule has 0 fully saturated rings. The summed E-state index contributed by atoms with van der Waals surface area (Å²) in [4.78, 5) is 22.0. The fourth-order valence-corrected chi connectivity index (χ4v) is 2.54. The van der Waals surface area contributed by atoms with Crippen LogP contribution in [0.3, 0.4) is 0 Å². The molecule has 9 heteroatoms. The minimum Gasteiger partial charge on any atom is -0.459 e. The molecule has 24 heavy (non-hydrogen) atoms. The van der Waals surface area contributed by atoms with Crippen molar-refractivity contribution in [2.75, 3.05) is 6.54 Å². The number of carbonyl (C=O) groups excluding carboxylic acids is 1. The summed E-state index contributed by atoms with van der Waals surface area (Å²) >= 11 is 0. The first kappa shape index (κ1) is 14.4. The molecule has 1 amide bonds. The van der Waals surface area contributed by atoms with Crippen molar-refractivity contribution < 1.29 is 13.9 Å². The minimum absolute atomic E-state index is 0.148. The Labute approximate surface area is 136 Å². The van der Waals surface area contributed by atoms with Gasteiger partial charge in [0.1, 0.15) is 0 Å².